The van der Waals surface area contributed by atoms with Crippen LogP contribution in [0.2, 0.25) is 0 Å². The third kappa shape index (κ3) is 1.80. The van der Waals surface area contributed by atoms with E-state index in [0.717, 1.165) is 30.9 Å². The van der Waals surface area contributed by atoms with Crippen molar-refractivity contribution in [1.82, 2.24) is 0 Å². The maximum atomic E-state index is 5.43. The van der Waals surface area contributed by atoms with Gasteiger partial charge < -0.3 is 4.74 Å². The number of rotatable bonds is 1. The molecule has 1 aliphatic heterocycles. The van der Waals surface area contributed by atoms with Gasteiger partial charge in [-0.3, -0.25) is 4.99 Å². The Bertz CT molecular complexity index is 193. The second-order valence-electron chi connectivity index (χ2n) is 3.75. The monoisotopic (exact) mass is 193 g/mol. The summed E-state index contributed by atoms with van der Waals surface area (Å²) in [5.74, 6) is 3.34. The van der Waals surface area contributed by atoms with Gasteiger partial charge >= 0.3 is 0 Å². The molecule has 0 aromatic heterocycles. The second-order valence-corrected chi connectivity index (χ2v) is 3.75. The van der Waals surface area contributed by atoms with Gasteiger partial charge in [0.2, 0.25) is 0 Å². The first kappa shape index (κ1) is 10.8. The van der Waals surface area contributed by atoms with Gasteiger partial charge in [-0.25, -0.2) is 0 Å². The molecule has 12 heavy (non-hydrogen) atoms. The van der Waals surface area contributed by atoms with Gasteiger partial charge in [0.05, 0.1) is 6.54 Å². The molecule has 0 amide bonds. The summed E-state index contributed by atoms with van der Waals surface area (Å²) in [7, 11) is 0. The molecule has 2 rings (SSSR count). The zero-order valence-corrected chi connectivity index (χ0v) is 8.27. The van der Waals surface area contributed by atoms with E-state index >= 15 is 0 Å². The predicted molar refractivity (Wildman–Crippen MR) is 44.7 cm³/mol. The van der Waals surface area contributed by atoms with Gasteiger partial charge in [-0.15, -0.1) is 0 Å². The molecule has 1 fully saturated rings. The molecule has 2 aliphatic rings. The fourth-order valence-electron chi connectivity index (χ4n) is 1.93. The molecule has 0 aromatic rings. The van der Waals surface area contributed by atoms with E-state index < -0.39 is 0 Å². The van der Waals surface area contributed by atoms with Crippen molar-refractivity contribution < 1.29 is 42.5 Å². The van der Waals surface area contributed by atoms with Crippen molar-refractivity contribution in [2.24, 2.45) is 22.7 Å². The minimum absolute atomic E-state index is 0. The third-order valence-corrected chi connectivity index (χ3v) is 3.08. The standard InChI is InChI=1S/C9H15NO.Ar/c1-6-5-8(7(6)2)9-10-3-4-11-9;/h6-8H,3-5H2,1-2H3;. The Morgan fingerprint density at radius 2 is 2.17 bits per heavy atom. The Morgan fingerprint density at radius 3 is 2.58 bits per heavy atom. The summed E-state index contributed by atoms with van der Waals surface area (Å²) in [5, 5.41) is 0. The smallest absolute Gasteiger partial charge is 0.186 e. The molecule has 0 N–H and O–H groups in total. The zero-order valence-electron chi connectivity index (χ0n) is 7.56. The van der Waals surface area contributed by atoms with Gasteiger partial charge in [0.25, 0.3) is 0 Å². The Morgan fingerprint density at radius 1 is 1.42 bits per heavy atom. The maximum absolute atomic E-state index is 5.43. The Hall–Kier alpha value is 0.730. The molecule has 0 spiro atoms. The van der Waals surface area contributed by atoms with Crippen molar-refractivity contribution in [1.29, 1.82) is 0 Å². The Balaban J connectivity index is 0.000000720. The molecule has 0 aromatic carbocycles. The van der Waals surface area contributed by atoms with Crippen LogP contribution >= 0.6 is 0 Å². The number of aliphatic imine (C=N–C) groups is 1. The van der Waals surface area contributed by atoms with Crippen molar-refractivity contribution in [3.63, 3.8) is 0 Å². The number of hydrogen-bond acceptors (Lipinski definition) is 2. The van der Waals surface area contributed by atoms with Crippen LogP contribution in [0.4, 0.5) is 0 Å². The van der Waals surface area contributed by atoms with E-state index in [4.69, 9.17) is 4.74 Å². The van der Waals surface area contributed by atoms with Crippen LogP contribution in [0.25, 0.3) is 0 Å². The molecule has 70 valence electrons. The zero-order chi connectivity index (χ0) is 7.84. The van der Waals surface area contributed by atoms with E-state index in [1.54, 1.807) is 0 Å². The first-order chi connectivity index (χ1) is 5.29. The molecule has 1 aliphatic carbocycles. The van der Waals surface area contributed by atoms with Crippen LogP contribution in [0, 0.1) is 55.5 Å². The summed E-state index contributed by atoms with van der Waals surface area (Å²) in [6.45, 7) is 6.29. The average Bonchev–Trinajstić information content (AvgIpc) is 2.51. The van der Waals surface area contributed by atoms with Crippen molar-refractivity contribution in [3.05, 3.63) is 0 Å². The van der Waals surface area contributed by atoms with Crippen molar-refractivity contribution in [2.45, 2.75) is 20.3 Å². The van der Waals surface area contributed by atoms with Crippen molar-refractivity contribution in [3.8, 4) is 0 Å². The predicted octanol–water partition coefficient (Wildman–Crippen LogP) is 1.71. The summed E-state index contributed by atoms with van der Waals surface area (Å²) < 4.78 is 5.43. The molecule has 3 heteroatoms. The number of ether oxygens (including phenoxy) is 1. The summed E-state index contributed by atoms with van der Waals surface area (Å²) in [6, 6.07) is 0. The minimum Gasteiger partial charge on any atom is -0.479 e. The summed E-state index contributed by atoms with van der Waals surface area (Å²) in [4.78, 5) is 4.34. The average molecular weight is 193 g/mol. The molecule has 0 bridgehead atoms. The van der Waals surface area contributed by atoms with Crippen LogP contribution in [0.3, 0.4) is 0 Å². The van der Waals surface area contributed by atoms with Gasteiger partial charge in [-0.05, 0) is 18.3 Å². The normalized spacial score (nSPS) is 39.2. The first-order valence-electron chi connectivity index (χ1n) is 4.46. The molecule has 1 heterocycles. The first-order valence-corrected chi connectivity index (χ1v) is 4.46. The second kappa shape index (κ2) is 4.30. The van der Waals surface area contributed by atoms with E-state index in [0.29, 0.717) is 5.92 Å². The van der Waals surface area contributed by atoms with Gasteiger partial charge in [-0.2, -0.15) is 0 Å². The topological polar surface area (TPSA) is 21.6 Å². The van der Waals surface area contributed by atoms with Crippen LogP contribution in [0.15, 0.2) is 4.99 Å². The van der Waals surface area contributed by atoms with Crippen LogP contribution in [0.5, 0.6) is 0 Å². The summed E-state index contributed by atoms with van der Waals surface area (Å²) >= 11 is 0. The quantitative estimate of drug-likeness (QED) is 0.621. The molecular formula is C9H15ArNO. The van der Waals surface area contributed by atoms with Gasteiger partial charge in [0, 0.05) is 43.7 Å². The maximum Gasteiger partial charge on any atom is 0.186 e. The van der Waals surface area contributed by atoms with Gasteiger partial charge in [0.15, 0.2) is 5.90 Å². The van der Waals surface area contributed by atoms with Gasteiger partial charge in [-0.1, -0.05) is 13.8 Å². The van der Waals surface area contributed by atoms with Crippen LogP contribution in [-0.4, -0.2) is 19.0 Å². The largest absolute Gasteiger partial charge is 0.479 e. The fourth-order valence-corrected chi connectivity index (χ4v) is 1.93. The third-order valence-electron chi connectivity index (χ3n) is 3.08. The van der Waals surface area contributed by atoms with Crippen LogP contribution in [-0.2, 0) is 4.74 Å². The number of nitrogens with zero attached hydrogens (tertiary/aromatic N) is 1. The Kier molecular flexibility index (Phi) is 3.87. The minimum atomic E-state index is 0. The van der Waals surface area contributed by atoms with E-state index in [9.17, 15) is 0 Å². The molecule has 3 unspecified atom stereocenters. The Labute approximate surface area is 104 Å². The van der Waals surface area contributed by atoms with Crippen molar-refractivity contribution in [2.75, 3.05) is 13.2 Å². The molecule has 0 radical (unpaired) electrons. The summed E-state index contributed by atoms with van der Waals surface area (Å²) in [6.07, 6.45) is 1.28. The molecule has 1 saturated carbocycles. The fraction of sp³-hybridized carbons (Fsp3) is 0.889. The van der Waals surface area contributed by atoms with E-state index in [-0.39, 0.29) is 37.7 Å². The SMILES string of the molecule is CC1CC(C2=NCCO2)C1C.[Ar]. The summed E-state index contributed by atoms with van der Waals surface area (Å²) in [5.41, 5.74) is 0. The molecule has 2 nitrogen and oxygen atoms in total. The van der Waals surface area contributed by atoms with Crippen LogP contribution < -0.4 is 0 Å². The van der Waals surface area contributed by atoms with Crippen molar-refractivity contribution >= 4 is 5.90 Å². The number of hydrogen-bond donors (Lipinski definition) is 0. The van der Waals surface area contributed by atoms with E-state index in [1.807, 2.05) is 0 Å². The van der Waals surface area contributed by atoms with E-state index in [2.05, 4.69) is 18.8 Å². The van der Waals surface area contributed by atoms with Crippen LogP contribution in [0.1, 0.15) is 20.3 Å². The van der Waals surface area contributed by atoms with E-state index in [1.165, 1.54) is 6.42 Å². The molecule has 0 saturated heterocycles. The molecule has 3 atom stereocenters. The molecular weight excluding hydrogens is 178 g/mol. The van der Waals surface area contributed by atoms with Gasteiger partial charge in [0.1, 0.15) is 6.61 Å².